The lowest BCUT2D eigenvalue weighted by Gasteiger charge is -2.39. The number of hydrogen-bond acceptors (Lipinski definition) is 10. The second kappa shape index (κ2) is 10.5. The van der Waals surface area contributed by atoms with Gasteiger partial charge in [0.05, 0.1) is 19.7 Å². The zero-order chi connectivity index (χ0) is 20.6. The minimum Gasteiger partial charge on any atom is -0.456 e. The maximum Gasteiger partial charge on any atom is 0.322 e. The molecule has 0 aliphatic carbocycles. The van der Waals surface area contributed by atoms with E-state index in [9.17, 15) is 19.2 Å². The highest BCUT2D eigenvalue weighted by Crippen LogP contribution is 2.25. The fourth-order valence-corrected chi connectivity index (χ4v) is 2.41. The summed E-state index contributed by atoms with van der Waals surface area (Å²) in [5.41, 5.74) is 0. The van der Waals surface area contributed by atoms with Gasteiger partial charge in [0.1, 0.15) is 0 Å². The SMILES string of the molecule is C#CCN(C)CC(=O)OC1OCC(OC(C)=O)C(OC(C)=O)C1OC(C)=O. The molecule has 4 atom stereocenters. The molecule has 0 spiro atoms. The smallest absolute Gasteiger partial charge is 0.322 e. The summed E-state index contributed by atoms with van der Waals surface area (Å²) in [5.74, 6) is -0.388. The number of hydrogen-bond donors (Lipinski definition) is 0. The molecule has 0 aromatic rings. The van der Waals surface area contributed by atoms with Crippen molar-refractivity contribution in [1.29, 1.82) is 0 Å². The Morgan fingerprint density at radius 1 is 1.00 bits per heavy atom. The Kier molecular flexibility index (Phi) is 8.71. The number of carbonyl (C=O) groups excluding carboxylic acids is 4. The number of likely N-dealkylation sites (N-methyl/N-ethyl adjacent to an activating group) is 1. The van der Waals surface area contributed by atoms with Crippen LogP contribution in [0, 0.1) is 12.3 Å². The van der Waals surface area contributed by atoms with E-state index in [4.69, 9.17) is 30.1 Å². The van der Waals surface area contributed by atoms with E-state index >= 15 is 0 Å². The average molecular weight is 385 g/mol. The monoisotopic (exact) mass is 385 g/mol. The Morgan fingerprint density at radius 2 is 1.56 bits per heavy atom. The lowest BCUT2D eigenvalue weighted by molar-refractivity contribution is -0.274. The minimum atomic E-state index is -1.35. The van der Waals surface area contributed by atoms with Crippen molar-refractivity contribution in [2.24, 2.45) is 0 Å². The molecule has 27 heavy (non-hydrogen) atoms. The zero-order valence-electron chi connectivity index (χ0n) is 15.6. The van der Waals surface area contributed by atoms with Crippen LogP contribution >= 0.6 is 0 Å². The summed E-state index contributed by atoms with van der Waals surface area (Å²) >= 11 is 0. The highest BCUT2D eigenvalue weighted by molar-refractivity contribution is 5.72. The molecule has 0 aromatic heterocycles. The number of rotatable bonds is 7. The standard InChI is InChI=1S/C17H23NO9/c1-6-7-18(5)8-14(22)27-17-16(26-12(4)21)15(25-11(3)20)13(9-23-17)24-10(2)19/h1,13,15-17H,7-9H2,2-5H3. The van der Waals surface area contributed by atoms with E-state index in [1.165, 1.54) is 11.8 Å². The van der Waals surface area contributed by atoms with Crippen LogP contribution in [0.3, 0.4) is 0 Å². The van der Waals surface area contributed by atoms with Crippen LogP contribution < -0.4 is 0 Å². The maximum absolute atomic E-state index is 12.1. The third-order valence-electron chi connectivity index (χ3n) is 3.31. The summed E-state index contributed by atoms with van der Waals surface area (Å²) in [7, 11) is 1.62. The molecule has 10 heteroatoms. The van der Waals surface area contributed by atoms with E-state index in [1.54, 1.807) is 7.05 Å². The first kappa shape index (κ1) is 22.4. The van der Waals surface area contributed by atoms with Crippen LogP contribution in [0.1, 0.15) is 20.8 Å². The molecule has 1 heterocycles. The van der Waals surface area contributed by atoms with Crippen molar-refractivity contribution < 1.29 is 42.9 Å². The van der Waals surface area contributed by atoms with Gasteiger partial charge in [-0.3, -0.25) is 24.1 Å². The quantitative estimate of drug-likeness (QED) is 0.314. The molecule has 10 nitrogen and oxygen atoms in total. The molecule has 1 aliphatic rings. The van der Waals surface area contributed by atoms with Crippen molar-refractivity contribution >= 4 is 23.9 Å². The summed E-state index contributed by atoms with van der Waals surface area (Å²) < 4.78 is 25.9. The molecule has 150 valence electrons. The van der Waals surface area contributed by atoms with Crippen molar-refractivity contribution in [2.45, 2.75) is 45.4 Å². The molecule has 0 amide bonds. The Morgan fingerprint density at radius 3 is 2.07 bits per heavy atom. The van der Waals surface area contributed by atoms with E-state index in [-0.39, 0.29) is 19.7 Å². The molecule has 0 bridgehead atoms. The second-order valence-corrected chi connectivity index (χ2v) is 5.86. The van der Waals surface area contributed by atoms with Gasteiger partial charge in [-0.1, -0.05) is 5.92 Å². The normalized spacial score (nSPS) is 24.4. The van der Waals surface area contributed by atoms with Gasteiger partial charge < -0.3 is 23.7 Å². The van der Waals surface area contributed by atoms with Crippen molar-refractivity contribution in [2.75, 3.05) is 26.7 Å². The Balaban J connectivity index is 2.97. The van der Waals surface area contributed by atoms with Crippen LogP contribution in [0.25, 0.3) is 0 Å². The third-order valence-corrected chi connectivity index (χ3v) is 3.31. The summed E-state index contributed by atoms with van der Waals surface area (Å²) in [5, 5.41) is 0. The number of esters is 4. The van der Waals surface area contributed by atoms with Gasteiger partial charge in [-0.25, -0.2) is 0 Å². The van der Waals surface area contributed by atoms with Crippen LogP contribution in [-0.2, 0) is 42.9 Å². The highest BCUT2D eigenvalue weighted by atomic mass is 16.7. The molecule has 0 N–H and O–H groups in total. The van der Waals surface area contributed by atoms with Crippen molar-refractivity contribution in [3.63, 3.8) is 0 Å². The predicted molar refractivity (Wildman–Crippen MR) is 88.8 cm³/mol. The lowest BCUT2D eigenvalue weighted by atomic mass is 10.0. The van der Waals surface area contributed by atoms with Gasteiger partial charge in [-0.15, -0.1) is 6.42 Å². The van der Waals surface area contributed by atoms with Crippen LogP contribution in [0.4, 0.5) is 0 Å². The van der Waals surface area contributed by atoms with Crippen molar-refractivity contribution in [3.8, 4) is 12.3 Å². The van der Waals surface area contributed by atoms with Gasteiger partial charge in [0.15, 0.2) is 12.2 Å². The average Bonchev–Trinajstić information content (AvgIpc) is 2.51. The first-order valence-corrected chi connectivity index (χ1v) is 8.08. The summed E-state index contributed by atoms with van der Waals surface area (Å²) in [6.07, 6.45) is 0.270. The van der Waals surface area contributed by atoms with E-state index in [0.29, 0.717) is 0 Å². The summed E-state index contributed by atoms with van der Waals surface area (Å²) in [6, 6.07) is 0. The van der Waals surface area contributed by atoms with Crippen LogP contribution in [-0.4, -0.2) is 80.1 Å². The number of ether oxygens (including phenoxy) is 5. The molecule has 0 radical (unpaired) electrons. The van der Waals surface area contributed by atoms with Gasteiger partial charge in [-0.05, 0) is 7.05 Å². The van der Waals surface area contributed by atoms with Gasteiger partial charge in [0.2, 0.25) is 12.4 Å². The van der Waals surface area contributed by atoms with Crippen LogP contribution in [0.5, 0.6) is 0 Å². The Hall–Kier alpha value is -2.64. The fraction of sp³-hybridized carbons (Fsp3) is 0.647. The van der Waals surface area contributed by atoms with Gasteiger partial charge in [-0.2, -0.15) is 0 Å². The third kappa shape index (κ3) is 7.64. The predicted octanol–water partition coefficient (Wildman–Crippen LogP) is -0.754. The molecular formula is C17H23NO9. The Labute approximate surface area is 157 Å². The first-order chi connectivity index (χ1) is 12.6. The number of terminal acetylenes is 1. The van der Waals surface area contributed by atoms with Gasteiger partial charge in [0.25, 0.3) is 0 Å². The second-order valence-electron chi connectivity index (χ2n) is 5.86. The number of carbonyl (C=O) groups is 4. The minimum absolute atomic E-state index is 0.136. The molecule has 0 aromatic carbocycles. The van der Waals surface area contributed by atoms with Crippen LogP contribution in [0.2, 0.25) is 0 Å². The molecule has 1 fully saturated rings. The lowest BCUT2D eigenvalue weighted by Crippen LogP contribution is -2.58. The van der Waals surface area contributed by atoms with Crippen molar-refractivity contribution in [1.82, 2.24) is 4.90 Å². The van der Waals surface area contributed by atoms with Gasteiger partial charge in [0, 0.05) is 20.8 Å². The molecule has 4 unspecified atom stereocenters. The number of nitrogens with zero attached hydrogens (tertiary/aromatic N) is 1. The maximum atomic E-state index is 12.1. The first-order valence-electron chi connectivity index (χ1n) is 8.08. The largest absolute Gasteiger partial charge is 0.456 e. The fourth-order valence-electron chi connectivity index (χ4n) is 2.41. The Bertz CT molecular complexity index is 612. The molecule has 1 rings (SSSR count). The molecular weight excluding hydrogens is 362 g/mol. The molecule has 0 saturated carbocycles. The van der Waals surface area contributed by atoms with Gasteiger partial charge >= 0.3 is 23.9 Å². The van der Waals surface area contributed by atoms with Crippen molar-refractivity contribution in [3.05, 3.63) is 0 Å². The summed E-state index contributed by atoms with van der Waals surface area (Å²) in [6.45, 7) is 3.29. The molecule has 1 aliphatic heterocycles. The zero-order valence-corrected chi connectivity index (χ0v) is 15.6. The van der Waals surface area contributed by atoms with Crippen LogP contribution in [0.15, 0.2) is 0 Å². The summed E-state index contributed by atoms with van der Waals surface area (Å²) in [4.78, 5) is 47.8. The van der Waals surface area contributed by atoms with E-state index < -0.39 is 48.5 Å². The topological polar surface area (TPSA) is 118 Å². The molecule has 1 saturated heterocycles. The highest BCUT2D eigenvalue weighted by Gasteiger charge is 2.48. The van der Waals surface area contributed by atoms with E-state index in [2.05, 4.69) is 5.92 Å². The van der Waals surface area contributed by atoms with E-state index in [1.807, 2.05) is 0 Å². The van der Waals surface area contributed by atoms with E-state index in [0.717, 1.165) is 13.8 Å².